The van der Waals surface area contributed by atoms with Gasteiger partial charge in [0.1, 0.15) is 0 Å². The van der Waals surface area contributed by atoms with E-state index < -0.39 is 10.0 Å². The van der Waals surface area contributed by atoms with Gasteiger partial charge in [-0.05, 0) is 19.3 Å². The van der Waals surface area contributed by atoms with Crippen molar-refractivity contribution in [1.29, 1.82) is 0 Å². The van der Waals surface area contributed by atoms with Crippen LogP contribution in [0.3, 0.4) is 0 Å². The van der Waals surface area contributed by atoms with E-state index in [4.69, 9.17) is 0 Å². The molecule has 0 saturated heterocycles. The van der Waals surface area contributed by atoms with E-state index in [0.29, 0.717) is 13.0 Å². The Balaban J connectivity index is 2.43. The highest BCUT2D eigenvalue weighted by Gasteiger charge is 2.30. The average molecular weight is 277 g/mol. The van der Waals surface area contributed by atoms with E-state index in [0.717, 1.165) is 32.1 Å². The summed E-state index contributed by atoms with van der Waals surface area (Å²) in [5, 5.41) is -0.227. The Morgan fingerprint density at radius 3 is 2.44 bits per heavy atom. The minimum Gasteiger partial charge on any atom is -0.469 e. The van der Waals surface area contributed by atoms with Gasteiger partial charge in [-0.2, -0.15) is 0 Å². The van der Waals surface area contributed by atoms with Crippen molar-refractivity contribution in [2.75, 3.05) is 20.7 Å². The van der Waals surface area contributed by atoms with Gasteiger partial charge in [-0.15, -0.1) is 0 Å². The van der Waals surface area contributed by atoms with E-state index in [2.05, 4.69) is 4.74 Å². The third-order valence-corrected chi connectivity index (χ3v) is 5.85. The zero-order valence-electron chi connectivity index (χ0n) is 11.2. The molecule has 0 aromatic rings. The molecule has 1 fully saturated rings. The molecule has 0 spiro atoms. The molecule has 0 bridgehead atoms. The van der Waals surface area contributed by atoms with Crippen LogP contribution in [0.1, 0.15) is 44.9 Å². The van der Waals surface area contributed by atoms with Crippen molar-refractivity contribution in [3.8, 4) is 0 Å². The van der Waals surface area contributed by atoms with E-state index in [1.54, 1.807) is 7.05 Å². The largest absolute Gasteiger partial charge is 0.469 e. The molecular weight excluding hydrogens is 254 g/mol. The Hall–Kier alpha value is -0.620. The lowest BCUT2D eigenvalue weighted by atomic mass is 10.0. The van der Waals surface area contributed by atoms with Gasteiger partial charge < -0.3 is 4.74 Å². The van der Waals surface area contributed by atoms with Gasteiger partial charge in [0.2, 0.25) is 10.0 Å². The number of rotatable bonds is 6. The quantitative estimate of drug-likeness (QED) is 0.691. The summed E-state index contributed by atoms with van der Waals surface area (Å²) < 4.78 is 30.4. The predicted molar refractivity (Wildman–Crippen MR) is 69.7 cm³/mol. The molecule has 0 amide bonds. The fraction of sp³-hybridized carbons (Fsp3) is 0.917. The number of hydrogen-bond donors (Lipinski definition) is 0. The van der Waals surface area contributed by atoms with Crippen LogP contribution in [0.25, 0.3) is 0 Å². The number of carbonyl (C=O) groups is 1. The molecule has 0 aliphatic heterocycles. The lowest BCUT2D eigenvalue weighted by molar-refractivity contribution is -0.140. The first-order chi connectivity index (χ1) is 8.48. The van der Waals surface area contributed by atoms with Crippen LogP contribution in [-0.2, 0) is 19.6 Å². The van der Waals surface area contributed by atoms with Gasteiger partial charge in [-0.25, -0.2) is 12.7 Å². The first-order valence-electron chi connectivity index (χ1n) is 6.50. The van der Waals surface area contributed by atoms with Crippen molar-refractivity contribution < 1.29 is 17.9 Å². The zero-order chi connectivity index (χ0) is 13.6. The number of esters is 1. The van der Waals surface area contributed by atoms with Crippen LogP contribution in [-0.4, -0.2) is 44.6 Å². The first kappa shape index (κ1) is 15.4. The molecule has 0 radical (unpaired) electrons. The van der Waals surface area contributed by atoms with Gasteiger partial charge in [0.05, 0.1) is 12.4 Å². The molecule has 6 heteroatoms. The number of sulfonamides is 1. The second-order valence-corrected chi connectivity index (χ2v) is 7.13. The first-order valence-corrected chi connectivity index (χ1v) is 8.00. The summed E-state index contributed by atoms with van der Waals surface area (Å²) in [4.78, 5) is 11.0. The van der Waals surface area contributed by atoms with Crippen molar-refractivity contribution in [1.82, 2.24) is 4.31 Å². The summed E-state index contributed by atoms with van der Waals surface area (Å²) in [6, 6.07) is 0. The Morgan fingerprint density at radius 1 is 1.28 bits per heavy atom. The van der Waals surface area contributed by atoms with E-state index in [9.17, 15) is 13.2 Å². The van der Waals surface area contributed by atoms with Crippen molar-refractivity contribution in [3.63, 3.8) is 0 Å². The Labute approximate surface area is 110 Å². The lowest BCUT2D eigenvalue weighted by Gasteiger charge is -2.27. The van der Waals surface area contributed by atoms with Crippen molar-refractivity contribution in [3.05, 3.63) is 0 Å². The summed E-state index contributed by atoms with van der Waals surface area (Å²) >= 11 is 0. The summed E-state index contributed by atoms with van der Waals surface area (Å²) in [7, 11) is -0.249. The Bertz CT molecular complexity index is 360. The number of carbonyl (C=O) groups excluding carboxylic acids is 1. The summed E-state index contributed by atoms with van der Waals surface area (Å²) in [5.74, 6) is -0.293. The monoisotopic (exact) mass is 277 g/mol. The standard InChI is InChI=1S/C12H23NO4S/c1-13(10-6-9-12(14)17-2)18(15,16)11-7-4-3-5-8-11/h11H,3-10H2,1-2H3. The van der Waals surface area contributed by atoms with Gasteiger partial charge in [-0.1, -0.05) is 19.3 Å². The maximum absolute atomic E-state index is 12.2. The van der Waals surface area contributed by atoms with E-state index in [1.165, 1.54) is 11.4 Å². The molecule has 0 aromatic heterocycles. The van der Waals surface area contributed by atoms with E-state index >= 15 is 0 Å². The van der Waals surface area contributed by atoms with Crippen LogP contribution < -0.4 is 0 Å². The lowest BCUT2D eigenvalue weighted by Crippen LogP contribution is -2.37. The maximum Gasteiger partial charge on any atom is 0.305 e. The average Bonchev–Trinajstić information content (AvgIpc) is 2.39. The SMILES string of the molecule is COC(=O)CCCN(C)S(=O)(=O)C1CCCCC1. The third-order valence-electron chi connectivity index (χ3n) is 3.49. The number of nitrogens with zero attached hydrogens (tertiary/aromatic N) is 1. The van der Waals surface area contributed by atoms with Crippen molar-refractivity contribution >= 4 is 16.0 Å². The van der Waals surface area contributed by atoms with Gasteiger partial charge in [-0.3, -0.25) is 4.79 Å². The molecule has 1 aliphatic rings. The molecule has 1 rings (SSSR count). The molecule has 0 aromatic carbocycles. The van der Waals surface area contributed by atoms with Crippen molar-refractivity contribution in [2.45, 2.75) is 50.2 Å². The van der Waals surface area contributed by atoms with Gasteiger partial charge in [0.25, 0.3) is 0 Å². The fourth-order valence-electron chi connectivity index (χ4n) is 2.29. The smallest absolute Gasteiger partial charge is 0.305 e. The molecule has 18 heavy (non-hydrogen) atoms. The molecule has 0 N–H and O–H groups in total. The van der Waals surface area contributed by atoms with Crippen LogP contribution in [0.5, 0.6) is 0 Å². The summed E-state index contributed by atoms with van der Waals surface area (Å²) in [6.07, 6.45) is 5.45. The number of ether oxygens (including phenoxy) is 1. The van der Waals surface area contributed by atoms with Crippen LogP contribution in [0.15, 0.2) is 0 Å². The molecular formula is C12H23NO4S. The van der Waals surface area contributed by atoms with Crippen LogP contribution in [0, 0.1) is 0 Å². The highest BCUT2D eigenvalue weighted by molar-refractivity contribution is 7.89. The Kier molecular flexibility index (Phi) is 6.08. The zero-order valence-corrected chi connectivity index (χ0v) is 12.0. The minimum atomic E-state index is -3.19. The van der Waals surface area contributed by atoms with Gasteiger partial charge >= 0.3 is 5.97 Å². The van der Waals surface area contributed by atoms with Crippen LogP contribution in [0.4, 0.5) is 0 Å². The van der Waals surface area contributed by atoms with Gasteiger partial charge in [0, 0.05) is 20.0 Å². The summed E-state index contributed by atoms with van der Waals surface area (Å²) in [6.45, 7) is 0.383. The predicted octanol–water partition coefficient (Wildman–Crippen LogP) is 1.53. The molecule has 106 valence electrons. The maximum atomic E-state index is 12.2. The molecule has 5 nitrogen and oxygen atoms in total. The van der Waals surface area contributed by atoms with Crippen LogP contribution in [0.2, 0.25) is 0 Å². The molecule has 1 aliphatic carbocycles. The van der Waals surface area contributed by atoms with Gasteiger partial charge in [0.15, 0.2) is 0 Å². The summed E-state index contributed by atoms with van der Waals surface area (Å²) in [5.41, 5.74) is 0. The fourth-order valence-corrected chi connectivity index (χ4v) is 4.11. The molecule has 0 unspecified atom stereocenters. The number of hydrogen-bond acceptors (Lipinski definition) is 4. The topological polar surface area (TPSA) is 63.7 Å². The third kappa shape index (κ3) is 4.24. The number of methoxy groups -OCH3 is 1. The second kappa shape index (κ2) is 7.09. The second-order valence-electron chi connectivity index (χ2n) is 4.81. The minimum absolute atomic E-state index is 0.227. The molecule has 1 saturated carbocycles. The highest BCUT2D eigenvalue weighted by Crippen LogP contribution is 2.25. The van der Waals surface area contributed by atoms with Crippen molar-refractivity contribution in [2.24, 2.45) is 0 Å². The van der Waals surface area contributed by atoms with E-state index in [-0.39, 0.29) is 17.6 Å². The molecule has 0 atom stereocenters. The normalized spacial score (nSPS) is 17.9. The Morgan fingerprint density at radius 2 is 1.89 bits per heavy atom. The van der Waals surface area contributed by atoms with E-state index in [1.807, 2.05) is 0 Å². The highest BCUT2D eigenvalue weighted by atomic mass is 32.2. The van der Waals surface area contributed by atoms with Crippen LogP contribution >= 0.6 is 0 Å². The molecule has 0 heterocycles.